The fraction of sp³-hybridized carbons (Fsp3) is 0.250. The maximum Gasteiger partial charge on any atom is 0.416 e. The molecule has 0 spiro atoms. The molecule has 1 aliphatic rings. The number of halogens is 4. The van der Waals surface area contributed by atoms with Gasteiger partial charge < -0.3 is 15.4 Å². The number of carbonyl (C=O) groups excluding carboxylic acids is 1. The van der Waals surface area contributed by atoms with Gasteiger partial charge in [-0.05, 0) is 65.9 Å². The third kappa shape index (κ3) is 6.75. The average Bonchev–Trinajstić information content (AvgIpc) is 2.98. The second-order valence-corrected chi connectivity index (χ2v) is 10.9. The van der Waals surface area contributed by atoms with E-state index >= 15 is 0 Å². The van der Waals surface area contributed by atoms with Crippen LogP contribution in [-0.4, -0.2) is 34.0 Å². The molecule has 3 N–H and O–H groups in total. The van der Waals surface area contributed by atoms with Crippen LogP contribution in [0.1, 0.15) is 57.2 Å². The SMILES string of the molecule is O=C(NC(c1ccccc1)c1ccc(Cl)cc1)c1ccc(CN2CCC(O)(c3cccc(C(F)(F)F)c3)CC2)[nH]c1=O. The van der Waals surface area contributed by atoms with E-state index in [1.165, 1.54) is 18.2 Å². The smallest absolute Gasteiger partial charge is 0.385 e. The first-order chi connectivity index (χ1) is 20.0. The second kappa shape index (κ2) is 12.1. The molecule has 0 aliphatic carbocycles. The van der Waals surface area contributed by atoms with Crippen LogP contribution >= 0.6 is 11.6 Å². The van der Waals surface area contributed by atoms with Gasteiger partial charge in [-0.15, -0.1) is 0 Å². The second-order valence-electron chi connectivity index (χ2n) is 10.5. The van der Waals surface area contributed by atoms with Crippen LogP contribution < -0.4 is 10.9 Å². The zero-order chi connectivity index (χ0) is 29.9. The van der Waals surface area contributed by atoms with Crippen LogP contribution in [0.25, 0.3) is 0 Å². The highest BCUT2D eigenvalue weighted by atomic mass is 35.5. The summed E-state index contributed by atoms with van der Waals surface area (Å²) in [7, 11) is 0. The highest BCUT2D eigenvalue weighted by molar-refractivity contribution is 6.30. The van der Waals surface area contributed by atoms with Crippen molar-refractivity contribution in [2.45, 2.75) is 37.2 Å². The van der Waals surface area contributed by atoms with Crippen molar-refractivity contribution >= 4 is 17.5 Å². The minimum absolute atomic E-state index is 0.0359. The fourth-order valence-corrected chi connectivity index (χ4v) is 5.38. The number of aromatic nitrogens is 1. The zero-order valence-corrected chi connectivity index (χ0v) is 23.3. The Kier molecular flexibility index (Phi) is 8.54. The number of nitrogens with zero attached hydrogens (tertiary/aromatic N) is 1. The van der Waals surface area contributed by atoms with Crippen molar-refractivity contribution in [3.8, 4) is 0 Å². The van der Waals surface area contributed by atoms with E-state index < -0.39 is 34.8 Å². The maximum atomic E-state index is 13.2. The van der Waals surface area contributed by atoms with Crippen LogP contribution in [0.5, 0.6) is 0 Å². The maximum absolute atomic E-state index is 13.2. The minimum Gasteiger partial charge on any atom is -0.385 e. The van der Waals surface area contributed by atoms with E-state index in [2.05, 4.69) is 10.3 Å². The zero-order valence-electron chi connectivity index (χ0n) is 22.5. The monoisotopic (exact) mass is 595 g/mol. The standard InChI is InChI=1S/C32H29ClF3N3O3/c33-25-11-9-22(10-12-25)28(21-5-2-1-3-6-21)38-30(41)27-14-13-26(37-29(27)40)20-39-17-15-31(42,16-18-39)23-7-4-8-24(19-23)32(34,35)36/h1-14,19,28,42H,15-18,20H2,(H,37,40)(H,38,41). The Morgan fingerprint density at radius 1 is 0.952 bits per heavy atom. The summed E-state index contributed by atoms with van der Waals surface area (Å²) < 4.78 is 39.5. The summed E-state index contributed by atoms with van der Waals surface area (Å²) in [4.78, 5) is 30.9. The molecule has 5 rings (SSSR count). The van der Waals surface area contributed by atoms with E-state index in [-0.39, 0.29) is 24.0 Å². The predicted octanol–water partition coefficient (Wildman–Crippen LogP) is 6.05. The molecule has 218 valence electrons. The van der Waals surface area contributed by atoms with E-state index in [4.69, 9.17) is 11.6 Å². The number of benzene rings is 3. The van der Waals surface area contributed by atoms with Gasteiger partial charge in [0.1, 0.15) is 5.56 Å². The fourth-order valence-electron chi connectivity index (χ4n) is 5.25. The van der Waals surface area contributed by atoms with Crippen molar-refractivity contribution in [3.63, 3.8) is 0 Å². The van der Waals surface area contributed by atoms with Crippen LogP contribution in [-0.2, 0) is 18.3 Å². The molecule has 1 fully saturated rings. The van der Waals surface area contributed by atoms with Crippen LogP contribution in [0.15, 0.2) is 95.8 Å². The highest BCUT2D eigenvalue weighted by Crippen LogP contribution is 2.37. The lowest BCUT2D eigenvalue weighted by Gasteiger charge is -2.38. The number of H-pyrrole nitrogens is 1. The summed E-state index contributed by atoms with van der Waals surface area (Å²) in [6.07, 6.45) is -4.00. The summed E-state index contributed by atoms with van der Waals surface area (Å²) in [6.45, 7) is 1.18. The van der Waals surface area contributed by atoms with Gasteiger partial charge in [-0.3, -0.25) is 14.5 Å². The van der Waals surface area contributed by atoms with E-state index in [1.54, 1.807) is 18.2 Å². The van der Waals surface area contributed by atoms with E-state index in [9.17, 15) is 27.9 Å². The van der Waals surface area contributed by atoms with Crippen molar-refractivity contribution in [1.82, 2.24) is 15.2 Å². The third-order valence-corrected chi connectivity index (χ3v) is 7.88. The molecule has 1 aliphatic heterocycles. The van der Waals surface area contributed by atoms with Crippen LogP contribution in [0.2, 0.25) is 5.02 Å². The highest BCUT2D eigenvalue weighted by Gasteiger charge is 2.37. The lowest BCUT2D eigenvalue weighted by atomic mass is 9.83. The van der Waals surface area contributed by atoms with Crippen molar-refractivity contribution in [2.24, 2.45) is 0 Å². The Morgan fingerprint density at radius 2 is 1.62 bits per heavy atom. The number of nitrogens with one attached hydrogen (secondary N) is 2. The van der Waals surface area contributed by atoms with Gasteiger partial charge in [-0.1, -0.05) is 66.2 Å². The summed E-state index contributed by atoms with van der Waals surface area (Å²) >= 11 is 6.05. The van der Waals surface area contributed by atoms with E-state index in [0.717, 1.165) is 23.3 Å². The molecular weight excluding hydrogens is 567 g/mol. The lowest BCUT2D eigenvalue weighted by Crippen LogP contribution is -2.42. The van der Waals surface area contributed by atoms with Gasteiger partial charge in [0.25, 0.3) is 11.5 Å². The number of rotatable bonds is 7. The first-order valence-electron chi connectivity index (χ1n) is 13.5. The van der Waals surface area contributed by atoms with Gasteiger partial charge in [0, 0.05) is 30.4 Å². The van der Waals surface area contributed by atoms with Gasteiger partial charge in [0.2, 0.25) is 0 Å². The number of hydrogen-bond acceptors (Lipinski definition) is 4. The third-order valence-electron chi connectivity index (χ3n) is 7.63. The van der Waals surface area contributed by atoms with Crippen molar-refractivity contribution < 1.29 is 23.1 Å². The molecule has 1 unspecified atom stereocenters. The molecule has 0 saturated carbocycles. The molecule has 42 heavy (non-hydrogen) atoms. The molecule has 1 saturated heterocycles. The number of likely N-dealkylation sites (tertiary alicyclic amines) is 1. The Balaban J connectivity index is 1.25. The van der Waals surface area contributed by atoms with Crippen molar-refractivity contribution in [1.29, 1.82) is 0 Å². The molecule has 6 nitrogen and oxygen atoms in total. The first-order valence-corrected chi connectivity index (χ1v) is 13.9. The number of hydrogen-bond donors (Lipinski definition) is 3. The molecule has 0 bridgehead atoms. The van der Waals surface area contributed by atoms with Crippen LogP contribution in [0.4, 0.5) is 13.2 Å². The molecule has 2 heterocycles. The summed E-state index contributed by atoms with van der Waals surface area (Å²) in [5.41, 5.74) is -0.255. The number of alkyl halides is 3. The number of aromatic amines is 1. The number of aliphatic hydroxyl groups is 1. The minimum atomic E-state index is -4.49. The molecule has 1 amide bonds. The molecule has 3 aromatic carbocycles. The summed E-state index contributed by atoms with van der Waals surface area (Å²) in [6, 6.07) is 24.0. The van der Waals surface area contributed by atoms with Crippen molar-refractivity contribution in [2.75, 3.05) is 13.1 Å². The Labute approximate surface area is 245 Å². The number of piperidine rings is 1. The molecule has 4 aromatic rings. The first kappa shape index (κ1) is 29.6. The molecule has 0 radical (unpaired) electrons. The quantitative estimate of drug-likeness (QED) is 0.243. The molecular formula is C32H29ClF3N3O3. The number of pyridine rings is 1. The van der Waals surface area contributed by atoms with E-state index in [1.807, 2.05) is 47.4 Å². The largest absolute Gasteiger partial charge is 0.416 e. The van der Waals surface area contributed by atoms with Crippen molar-refractivity contribution in [3.05, 3.63) is 140 Å². The Hall–Kier alpha value is -3.92. The van der Waals surface area contributed by atoms with Gasteiger partial charge in [-0.25, -0.2) is 0 Å². The van der Waals surface area contributed by atoms with Gasteiger partial charge in [0.05, 0.1) is 17.2 Å². The topological polar surface area (TPSA) is 85.4 Å². The van der Waals surface area contributed by atoms with E-state index in [0.29, 0.717) is 30.4 Å². The molecule has 10 heteroatoms. The normalized spacial score (nSPS) is 16.1. The Morgan fingerprint density at radius 3 is 2.26 bits per heavy atom. The molecule has 1 atom stereocenters. The average molecular weight is 596 g/mol. The number of amides is 1. The predicted molar refractivity (Wildman–Crippen MR) is 154 cm³/mol. The summed E-state index contributed by atoms with van der Waals surface area (Å²) in [5, 5.41) is 14.6. The van der Waals surface area contributed by atoms with Crippen LogP contribution in [0, 0.1) is 0 Å². The van der Waals surface area contributed by atoms with Gasteiger partial charge >= 0.3 is 6.18 Å². The lowest BCUT2D eigenvalue weighted by molar-refractivity contribution is -0.137. The summed E-state index contributed by atoms with van der Waals surface area (Å²) in [5.74, 6) is -0.532. The molecule has 1 aromatic heterocycles. The van der Waals surface area contributed by atoms with Gasteiger partial charge in [-0.2, -0.15) is 13.2 Å². The van der Waals surface area contributed by atoms with Gasteiger partial charge in [0.15, 0.2) is 0 Å². The van der Waals surface area contributed by atoms with Crippen LogP contribution in [0.3, 0.4) is 0 Å². The number of carbonyl (C=O) groups is 1. The Bertz CT molecular complexity index is 1600.